The Bertz CT molecular complexity index is 982. The molecule has 6 nitrogen and oxygen atoms in total. The highest BCUT2D eigenvalue weighted by Gasteiger charge is 2.16. The third kappa shape index (κ3) is 5.39. The van der Waals surface area contributed by atoms with E-state index in [9.17, 15) is 0 Å². The quantitative estimate of drug-likeness (QED) is 0.535. The summed E-state index contributed by atoms with van der Waals surface area (Å²) in [5, 5.41) is 3.87. The van der Waals surface area contributed by atoms with Gasteiger partial charge in [-0.2, -0.15) is 0 Å². The molecule has 0 unspecified atom stereocenters. The number of pyridine rings is 1. The molecule has 30 heavy (non-hydrogen) atoms. The first-order valence-corrected chi connectivity index (χ1v) is 9.84. The molecule has 0 bridgehead atoms. The first-order valence-electron chi connectivity index (χ1n) is 9.43. The van der Waals surface area contributed by atoms with Crippen molar-refractivity contribution in [1.82, 2.24) is 9.88 Å². The van der Waals surface area contributed by atoms with Crippen LogP contribution in [0.3, 0.4) is 0 Å². The van der Waals surface area contributed by atoms with Gasteiger partial charge in [0.1, 0.15) is 17.2 Å². The van der Waals surface area contributed by atoms with Crippen molar-refractivity contribution in [3.63, 3.8) is 0 Å². The van der Waals surface area contributed by atoms with Crippen molar-refractivity contribution >= 4 is 23.0 Å². The molecule has 1 heterocycles. The monoisotopic (exact) mass is 423 g/mol. The smallest absolute Gasteiger partial charge is 0.174 e. The number of anilines is 1. The van der Waals surface area contributed by atoms with Crippen molar-refractivity contribution in [2.75, 3.05) is 26.6 Å². The molecule has 0 spiro atoms. The molecule has 0 aliphatic heterocycles. The van der Waals surface area contributed by atoms with Gasteiger partial charge in [0.2, 0.25) is 0 Å². The Kier molecular flexibility index (Phi) is 7.45. The molecule has 2 aromatic carbocycles. The number of methoxy groups -OCH3 is 3. The molecule has 0 amide bonds. The predicted molar refractivity (Wildman–Crippen MR) is 122 cm³/mol. The van der Waals surface area contributed by atoms with Crippen LogP contribution in [0.2, 0.25) is 0 Å². The minimum absolute atomic E-state index is 0.563. The van der Waals surface area contributed by atoms with Gasteiger partial charge in [-0.05, 0) is 42.0 Å². The van der Waals surface area contributed by atoms with E-state index in [0.29, 0.717) is 29.7 Å². The van der Waals surface area contributed by atoms with E-state index in [-0.39, 0.29) is 0 Å². The van der Waals surface area contributed by atoms with E-state index in [0.717, 1.165) is 22.6 Å². The van der Waals surface area contributed by atoms with Crippen molar-refractivity contribution in [3.05, 3.63) is 78.1 Å². The highest BCUT2D eigenvalue weighted by Crippen LogP contribution is 2.30. The summed E-state index contributed by atoms with van der Waals surface area (Å²) in [6, 6.07) is 17.4. The first kappa shape index (κ1) is 21.4. The Morgan fingerprint density at radius 3 is 2.43 bits per heavy atom. The summed E-state index contributed by atoms with van der Waals surface area (Å²) >= 11 is 5.77. The van der Waals surface area contributed by atoms with Crippen molar-refractivity contribution < 1.29 is 14.2 Å². The SMILES string of the molecule is COc1ccc(NC(=S)N(Cc2cccnc2)Cc2ccccc2OC)c(OC)c1. The lowest BCUT2D eigenvalue weighted by atomic mass is 10.1. The molecule has 1 aromatic heterocycles. The largest absolute Gasteiger partial charge is 0.497 e. The lowest BCUT2D eigenvalue weighted by molar-refractivity contribution is 0.377. The number of benzene rings is 2. The van der Waals surface area contributed by atoms with E-state index >= 15 is 0 Å². The summed E-state index contributed by atoms with van der Waals surface area (Å²) in [6.45, 7) is 1.17. The summed E-state index contributed by atoms with van der Waals surface area (Å²) in [5.41, 5.74) is 2.85. The minimum atomic E-state index is 0.563. The highest BCUT2D eigenvalue weighted by molar-refractivity contribution is 7.80. The van der Waals surface area contributed by atoms with E-state index in [1.807, 2.05) is 60.8 Å². The number of ether oxygens (including phenoxy) is 3. The Morgan fingerprint density at radius 2 is 1.73 bits per heavy atom. The van der Waals surface area contributed by atoms with Crippen LogP contribution >= 0.6 is 12.2 Å². The van der Waals surface area contributed by atoms with Gasteiger partial charge in [0.25, 0.3) is 0 Å². The number of nitrogens with one attached hydrogen (secondary N) is 1. The van der Waals surface area contributed by atoms with Crippen LogP contribution in [0.5, 0.6) is 17.2 Å². The van der Waals surface area contributed by atoms with Gasteiger partial charge in [0.15, 0.2) is 5.11 Å². The second kappa shape index (κ2) is 10.5. The maximum atomic E-state index is 5.77. The average molecular weight is 424 g/mol. The molecule has 3 rings (SSSR count). The van der Waals surface area contributed by atoms with Gasteiger partial charge in [-0.15, -0.1) is 0 Å². The molecule has 3 aromatic rings. The number of rotatable bonds is 8. The molecular formula is C23H25N3O3S. The highest BCUT2D eigenvalue weighted by atomic mass is 32.1. The van der Waals surface area contributed by atoms with Crippen LogP contribution in [0.1, 0.15) is 11.1 Å². The Morgan fingerprint density at radius 1 is 0.933 bits per heavy atom. The zero-order valence-electron chi connectivity index (χ0n) is 17.3. The standard InChI is InChI=1S/C23H25N3O3S/c1-27-19-10-11-20(22(13-19)29-3)25-23(30)26(15-17-7-6-12-24-14-17)16-18-8-4-5-9-21(18)28-2/h4-14H,15-16H2,1-3H3,(H,25,30). The maximum Gasteiger partial charge on any atom is 0.174 e. The minimum Gasteiger partial charge on any atom is -0.497 e. The zero-order valence-corrected chi connectivity index (χ0v) is 18.1. The van der Waals surface area contributed by atoms with Crippen molar-refractivity contribution in [2.45, 2.75) is 13.1 Å². The van der Waals surface area contributed by atoms with E-state index in [2.05, 4.69) is 15.2 Å². The van der Waals surface area contributed by atoms with Gasteiger partial charge in [-0.1, -0.05) is 24.3 Å². The molecule has 1 N–H and O–H groups in total. The molecule has 7 heteroatoms. The molecule has 0 aliphatic carbocycles. The molecule has 0 saturated carbocycles. The molecule has 0 radical (unpaired) electrons. The van der Waals surface area contributed by atoms with Gasteiger partial charge in [0.05, 0.1) is 27.0 Å². The number of para-hydroxylation sites is 1. The molecule has 0 aliphatic rings. The van der Waals surface area contributed by atoms with Crippen LogP contribution < -0.4 is 19.5 Å². The predicted octanol–water partition coefficient (Wildman–Crippen LogP) is 4.51. The number of thiocarbonyl (C=S) groups is 1. The summed E-state index contributed by atoms with van der Waals surface area (Å²) in [5.74, 6) is 2.18. The van der Waals surface area contributed by atoms with Crippen molar-refractivity contribution in [1.29, 1.82) is 0 Å². The van der Waals surface area contributed by atoms with Crippen LogP contribution in [-0.2, 0) is 13.1 Å². The third-order valence-electron chi connectivity index (χ3n) is 4.59. The van der Waals surface area contributed by atoms with Gasteiger partial charge in [-0.25, -0.2) is 0 Å². The van der Waals surface area contributed by atoms with E-state index < -0.39 is 0 Å². The lowest BCUT2D eigenvalue weighted by Crippen LogP contribution is -2.34. The van der Waals surface area contributed by atoms with Crippen LogP contribution in [0.25, 0.3) is 0 Å². The van der Waals surface area contributed by atoms with Crippen LogP contribution in [0.4, 0.5) is 5.69 Å². The van der Waals surface area contributed by atoms with E-state index in [1.54, 1.807) is 27.5 Å². The number of hydrogen-bond acceptors (Lipinski definition) is 5. The molecule has 156 valence electrons. The molecule has 0 atom stereocenters. The molecule has 0 saturated heterocycles. The molecule has 0 fully saturated rings. The lowest BCUT2D eigenvalue weighted by Gasteiger charge is -2.27. The van der Waals surface area contributed by atoms with Gasteiger partial charge in [0, 0.05) is 37.1 Å². The fraction of sp³-hybridized carbons (Fsp3) is 0.217. The average Bonchev–Trinajstić information content (AvgIpc) is 2.79. The normalized spacial score (nSPS) is 10.2. The zero-order chi connectivity index (χ0) is 21.3. The number of hydrogen-bond donors (Lipinski definition) is 1. The number of aromatic nitrogens is 1. The van der Waals surface area contributed by atoms with Crippen LogP contribution in [0, 0.1) is 0 Å². The first-order chi connectivity index (χ1) is 14.6. The van der Waals surface area contributed by atoms with Crippen molar-refractivity contribution in [3.8, 4) is 17.2 Å². The van der Waals surface area contributed by atoms with Gasteiger partial charge < -0.3 is 24.4 Å². The number of nitrogens with zero attached hydrogens (tertiary/aromatic N) is 2. The Hall–Kier alpha value is -3.32. The summed E-state index contributed by atoms with van der Waals surface area (Å²) < 4.78 is 16.3. The summed E-state index contributed by atoms with van der Waals surface area (Å²) in [7, 11) is 4.91. The Balaban J connectivity index is 1.86. The second-order valence-electron chi connectivity index (χ2n) is 6.53. The van der Waals surface area contributed by atoms with Crippen LogP contribution in [-0.4, -0.2) is 36.3 Å². The second-order valence-corrected chi connectivity index (χ2v) is 6.91. The van der Waals surface area contributed by atoms with Crippen LogP contribution in [0.15, 0.2) is 67.0 Å². The maximum absolute atomic E-state index is 5.77. The third-order valence-corrected chi connectivity index (χ3v) is 4.95. The van der Waals surface area contributed by atoms with E-state index in [1.165, 1.54) is 0 Å². The fourth-order valence-electron chi connectivity index (χ4n) is 3.05. The van der Waals surface area contributed by atoms with E-state index in [4.69, 9.17) is 26.4 Å². The summed E-state index contributed by atoms with van der Waals surface area (Å²) in [4.78, 5) is 6.28. The summed E-state index contributed by atoms with van der Waals surface area (Å²) in [6.07, 6.45) is 3.60. The Labute approximate surface area is 182 Å². The molecular weight excluding hydrogens is 398 g/mol. The topological polar surface area (TPSA) is 55.9 Å². The van der Waals surface area contributed by atoms with Gasteiger partial charge in [-0.3, -0.25) is 4.98 Å². The fourth-order valence-corrected chi connectivity index (χ4v) is 3.29. The van der Waals surface area contributed by atoms with Gasteiger partial charge >= 0.3 is 0 Å². The van der Waals surface area contributed by atoms with Crippen molar-refractivity contribution in [2.24, 2.45) is 0 Å².